The SMILES string of the molecule is CCC(COCC1CO1)(COCC1CO1)COC(=O)CC(C(=O)OCC(CC)(COCC1CO1)COCC1CO1)C(CC(=O)OCC(CC)(COCC1CO1)COCC1CO1)C(=O)OCC(CC)(COCC1CO1)COCC1CO1. The van der Waals surface area contributed by atoms with Crippen LogP contribution in [0.15, 0.2) is 0 Å². The Morgan fingerprint density at radius 2 is 0.487 bits per heavy atom. The third-order valence-corrected chi connectivity index (χ3v) is 15.9. The van der Waals surface area contributed by atoms with Crippen LogP contribution < -0.4 is 0 Å². The molecule has 10 unspecified atom stereocenters. The third kappa shape index (κ3) is 23.4. The predicted octanol–water partition coefficient (Wildman–Crippen LogP) is 2.08. The average Bonchev–Trinajstić information content (AvgIpc) is 4.27. The molecule has 8 saturated heterocycles. The van der Waals surface area contributed by atoms with E-state index in [1.807, 2.05) is 27.7 Å². The van der Waals surface area contributed by atoms with Crippen molar-refractivity contribution in [3.8, 4) is 0 Å². The minimum absolute atomic E-state index is 0.00540. The van der Waals surface area contributed by atoms with Crippen LogP contribution in [0, 0.1) is 33.5 Å². The van der Waals surface area contributed by atoms with E-state index >= 15 is 9.59 Å². The van der Waals surface area contributed by atoms with Crippen molar-refractivity contribution in [3.05, 3.63) is 0 Å². The second-order valence-corrected chi connectivity index (χ2v) is 23.3. The average molecular weight is 1150 g/mol. The zero-order valence-electron chi connectivity index (χ0n) is 47.6. The molecule has 0 aromatic carbocycles. The van der Waals surface area contributed by atoms with Gasteiger partial charge in [0.1, 0.15) is 75.3 Å². The Morgan fingerprint density at radius 3 is 0.650 bits per heavy atom. The van der Waals surface area contributed by atoms with E-state index in [2.05, 4.69) is 0 Å². The van der Waals surface area contributed by atoms with Crippen molar-refractivity contribution >= 4 is 23.9 Å². The molecule has 8 rings (SSSR count). The molecule has 0 N–H and O–H groups in total. The Bertz CT molecular complexity index is 1670. The van der Waals surface area contributed by atoms with E-state index in [0.29, 0.717) is 131 Å². The van der Waals surface area contributed by atoms with Crippen molar-refractivity contribution in [3.63, 3.8) is 0 Å². The van der Waals surface area contributed by atoms with E-state index in [0.717, 1.165) is 0 Å². The van der Waals surface area contributed by atoms with Crippen LogP contribution >= 0.6 is 0 Å². The minimum Gasteiger partial charge on any atom is -0.465 e. The Hall–Kier alpha value is -2.76. The second-order valence-electron chi connectivity index (χ2n) is 23.3. The lowest BCUT2D eigenvalue weighted by Crippen LogP contribution is -2.43. The first-order valence-corrected chi connectivity index (χ1v) is 29.1. The smallest absolute Gasteiger partial charge is 0.310 e. The Morgan fingerprint density at radius 1 is 0.312 bits per heavy atom. The van der Waals surface area contributed by atoms with Crippen LogP contribution in [0.2, 0.25) is 0 Å². The normalized spacial score (nSPS) is 28.4. The summed E-state index contributed by atoms with van der Waals surface area (Å²) in [5.41, 5.74) is -3.31. The first-order chi connectivity index (χ1) is 38.9. The molecule has 24 nitrogen and oxygen atoms in total. The van der Waals surface area contributed by atoms with Crippen molar-refractivity contribution in [2.24, 2.45) is 33.5 Å². The van der Waals surface area contributed by atoms with Gasteiger partial charge in [0, 0.05) is 0 Å². The van der Waals surface area contributed by atoms with E-state index in [1.54, 1.807) is 0 Å². The number of hydrogen-bond donors (Lipinski definition) is 0. The molecule has 458 valence electrons. The van der Waals surface area contributed by atoms with Gasteiger partial charge in [-0.3, -0.25) is 19.2 Å². The molecule has 0 aromatic heterocycles. The number of carbonyl (C=O) groups excluding carboxylic acids is 4. The summed E-state index contributed by atoms with van der Waals surface area (Å²) < 4.78 is 116. The van der Waals surface area contributed by atoms with Crippen LogP contribution in [0.1, 0.15) is 66.2 Å². The monoisotopic (exact) mass is 1150 g/mol. The molecule has 0 saturated carbocycles. The van der Waals surface area contributed by atoms with Crippen LogP contribution in [0.25, 0.3) is 0 Å². The van der Waals surface area contributed by atoms with Gasteiger partial charge in [0.2, 0.25) is 0 Å². The van der Waals surface area contributed by atoms with Gasteiger partial charge in [0.25, 0.3) is 0 Å². The van der Waals surface area contributed by atoms with Gasteiger partial charge in [-0.05, 0) is 25.7 Å². The summed E-state index contributed by atoms with van der Waals surface area (Å²) in [4.78, 5) is 59.4. The first-order valence-electron chi connectivity index (χ1n) is 29.1. The molecule has 0 aliphatic carbocycles. The summed E-state index contributed by atoms with van der Waals surface area (Å²) in [6.07, 6.45) is 0.432. The number of carbonyl (C=O) groups is 4. The highest BCUT2D eigenvalue weighted by Crippen LogP contribution is 2.34. The van der Waals surface area contributed by atoms with Gasteiger partial charge >= 0.3 is 23.9 Å². The van der Waals surface area contributed by atoms with Gasteiger partial charge in [-0.15, -0.1) is 0 Å². The van der Waals surface area contributed by atoms with E-state index < -0.39 is 70.2 Å². The molecule has 10 atom stereocenters. The molecule has 0 radical (unpaired) electrons. The fourth-order valence-electron chi connectivity index (χ4n) is 8.68. The topological polar surface area (TPSA) is 279 Å². The van der Waals surface area contributed by atoms with Crippen molar-refractivity contribution < 1.29 is 114 Å². The maximum absolute atomic E-state index is 15.1. The maximum atomic E-state index is 15.1. The number of epoxide rings is 8. The van der Waals surface area contributed by atoms with Crippen LogP contribution in [0.5, 0.6) is 0 Å². The lowest BCUT2D eigenvalue weighted by atomic mass is 9.85. The van der Waals surface area contributed by atoms with Gasteiger partial charge in [-0.1, -0.05) is 27.7 Å². The molecule has 0 bridgehead atoms. The molecule has 0 aromatic rings. The van der Waals surface area contributed by atoms with Crippen LogP contribution in [0.4, 0.5) is 0 Å². The van der Waals surface area contributed by atoms with E-state index in [9.17, 15) is 9.59 Å². The molecule has 24 heteroatoms. The number of rotatable bonds is 51. The Balaban J connectivity index is 1.04. The number of hydrogen-bond acceptors (Lipinski definition) is 24. The van der Waals surface area contributed by atoms with Crippen molar-refractivity contribution in [1.29, 1.82) is 0 Å². The van der Waals surface area contributed by atoms with Gasteiger partial charge < -0.3 is 94.7 Å². The quantitative estimate of drug-likeness (QED) is 0.0479. The molecule has 0 spiro atoms. The largest absolute Gasteiger partial charge is 0.465 e. The molecule has 8 fully saturated rings. The summed E-state index contributed by atoms with van der Waals surface area (Å²) in [5.74, 6) is -6.79. The van der Waals surface area contributed by atoms with Gasteiger partial charge in [0.15, 0.2) is 0 Å². The van der Waals surface area contributed by atoms with Crippen LogP contribution in [0.3, 0.4) is 0 Å². The highest BCUT2D eigenvalue weighted by atomic mass is 16.6. The zero-order valence-corrected chi connectivity index (χ0v) is 47.6. The predicted molar refractivity (Wildman–Crippen MR) is 275 cm³/mol. The lowest BCUT2D eigenvalue weighted by Gasteiger charge is -2.34. The summed E-state index contributed by atoms with van der Waals surface area (Å²) in [6.45, 7) is 15.9. The lowest BCUT2D eigenvalue weighted by molar-refractivity contribution is -0.175. The molecule has 80 heavy (non-hydrogen) atoms. The van der Waals surface area contributed by atoms with E-state index in [-0.39, 0.29) is 128 Å². The van der Waals surface area contributed by atoms with E-state index in [4.69, 9.17) is 94.7 Å². The summed E-state index contributed by atoms with van der Waals surface area (Å²) in [7, 11) is 0. The summed E-state index contributed by atoms with van der Waals surface area (Å²) >= 11 is 0. The highest BCUT2D eigenvalue weighted by Gasteiger charge is 2.45. The van der Waals surface area contributed by atoms with E-state index in [1.165, 1.54) is 0 Å². The fourth-order valence-corrected chi connectivity index (χ4v) is 8.68. The number of esters is 4. The van der Waals surface area contributed by atoms with Crippen LogP contribution in [-0.2, 0) is 114 Å². The van der Waals surface area contributed by atoms with Crippen molar-refractivity contribution in [2.45, 2.75) is 115 Å². The molecule has 8 aliphatic rings. The molecular weight excluding hydrogens is 1060 g/mol. The number of ether oxygens (including phenoxy) is 20. The second kappa shape index (κ2) is 31.4. The highest BCUT2D eigenvalue weighted by molar-refractivity contribution is 5.88. The first kappa shape index (κ1) is 63.3. The van der Waals surface area contributed by atoms with Gasteiger partial charge in [-0.25, -0.2) is 0 Å². The maximum Gasteiger partial charge on any atom is 0.310 e. The minimum atomic E-state index is -1.62. The molecule has 8 heterocycles. The van der Waals surface area contributed by atoms with Crippen molar-refractivity contribution in [2.75, 3.05) is 185 Å². The Labute approximate surface area is 470 Å². The third-order valence-electron chi connectivity index (χ3n) is 15.9. The molecule has 0 amide bonds. The molecular formula is C56H90O24. The standard InChI is InChI=1S/C56H90O24/c1-5-53(27-61-11-39-19-69-39,28-62-12-40-20-70-40)35-77-49(57)9-47(51(59)79-37-55(7-3,31-65-15-43-23-73-43)32-66-16-44-24-74-44)48(52(60)80-38-56(8-4,33-67-17-45-25-75-45)34-68-18-46-26-76-46)10-50(58)78-36-54(6-2,29-63-13-41-21-71-41)30-64-14-42-22-72-42/h39-48H,5-38H2,1-4H3. The summed E-state index contributed by atoms with van der Waals surface area (Å²) in [5, 5.41) is 0. The summed E-state index contributed by atoms with van der Waals surface area (Å²) in [6, 6.07) is 0. The zero-order chi connectivity index (χ0) is 56.3. The van der Waals surface area contributed by atoms with Gasteiger partial charge in [-0.2, -0.15) is 0 Å². The van der Waals surface area contributed by atoms with Crippen molar-refractivity contribution in [1.82, 2.24) is 0 Å². The fraction of sp³-hybridized carbons (Fsp3) is 0.929. The van der Waals surface area contributed by atoms with Crippen LogP contribution in [-0.4, -0.2) is 258 Å². The molecule has 8 aliphatic heterocycles. The van der Waals surface area contributed by atoms with Gasteiger partial charge in [0.05, 0.1) is 205 Å². The Kier molecular flexibility index (Phi) is 24.8.